The number of benzene rings is 2. The van der Waals surface area contributed by atoms with Crippen molar-refractivity contribution in [2.45, 2.75) is 19.9 Å². The largest absolute Gasteiger partial charge is 0.507 e. The number of hydrogen-bond acceptors (Lipinski definition) is 7. The molecule has 0 spiro atoms. The molecule has 3 rings (SSSR count). The summed E-state index contributed by atoms with van der Waals surface area (Å²) >= 11 is 0. The highest BCUT2D eigenvalue weighted by Gasteiger charge is 2.46. The Kier molecular flexibility index (Phi) is 6.98. The molecule has 0 radical (unpaired) electrons. The summed E-state index contributed by atoms with van der Waals surface area (Å²) in [6, 6.07) is 7.36. The normalized spacial score (nSPS) is 17.7. The number of ketones is 1. The third kappa shape index (κ3) is 4.52. The molecule has 1 aliphatic rings. The first-order chi connectivity index (χ1) is 15.6. The Morgan fingerprint density at radius 2 is 1.70 bits per heavy atom. The van der Waals surface area contributed by atoms with Gasteiger partial charge in [-0.1, -0.05) is 6.07 Å². The zero-order chi connectivity index (χ0) is 24.4. The van der Waals surface area contributed by atoms with Crippen LogP contribution in [0.25, 0.3) is 5.76 Å². The van der Waals surface area contributed by atoms with E-state index >= 15 is 0 Å². The fraction of sp³-hybridized carbons (Fsp3) is 0.360. The number of phenols is 1. The summed E-state index contributed by atoms with van der Waals surface area (Å²) in [5.74, 6) is -0.910. The van der Waals surface area contributed by atoms with E-state index in [1.165, 1.54) is 18.1 Å². The highest BCUT2D eigenvalue weighted by Crippen LogP contribution is 2.42. The van der Waals surface area contributed by atoms with E-state index in [1.54, 1.807) is 38.3 Å². The lowest BCUT2D eigenvalue weighted by Gasteiger charge is -2.27. The van der Waals surface area contributed by atoms with Crippen LogP contribution in [0.15, 0.2) is 35.9 Å². The average Bonchev–Trinajstić information content (AvgIpc) is 3.03. The number of Topliss-reactive ketones (excluding diaryl/α,β-unsaturated/α-hetero) is 1. The van der Waals surface area contributed by atoms with Crippen molar-refractivity contribution in [1.29, 1.82) is 0 Å². The van der Waals surface area contributed by atoms with Crippen LogP contribution >= 0.6 is 0 Å². The number of aliphatic hydroxyl groups is 1. The molecule has 0 saturated carbocycles. The lowest BCUT2D eigenvalue weighted by atomic mass is 9.93. The van der Waals surface area contributed by atoms with Gasteiger partial charge in [-0.25, -0.2) is 0 Å². The number of amides is 1. The monoisotopic (exact) mass is 454 g/mol. The van der Waals surface area contributed by atoms with E-state index in [9.17, 15) is 19.8 Å². The van der Waals surface area contributed by atoms with Crippen molar-refractivity contribution in [3.8, 4) is 17.2 Å². The van der Waals surface area contributed by atoms with Crippen LogP contribution in [0, 0.1) is 13.8 Å². The fourth-order valence-corrected chi connectivity index (χ4v) is 4.05. The van der Waals surface area contributed by atoms with Crippen LogP contribution in [0.5, 0.6) is 17.2 Å². The summed E-state index contributed by atoms with van der Waals surface area (Å²) in [4.78, 5) is 29.5. The number of nitrogens with zero attached hydrogens (tertiary/aromatic N) is 2. The van der Waals surface area contributed by atoms with Crippen LogP contribution in [0.2, 0.25) is 0 Å². The number of phenolic OH excluding ortho intramolecular Hbond substituents is 1. The van der Waals surface area contributed by atoms with E-state index in [0.29, 0.717) is 29.0 Å². The van der Waals surface area contributed by atoms with Crippen molar-refractivity contribution in [3.05, 3.63) is 58.2 Å². The van der Waals surface area contributed by atoms with E-state index in [2.05, 4.69) is 0 Å². The lowest BCUT2D eigenvalue weighted by Crippen LogP contribution is -2.35. The van der Waals surface area contributed by atoms with Gasteiger partial charge in [-0.15, -0.1) is 0 Å². The number of rotatable bonds is 7. The Hall–Kier alpha value is -3.52. The van der Waals surface area contributed by atoms with Gasteiger partial charge in [0.1, 0.15) is 11.5 Å². The minimum atomic E-state index is -0.858. The second-order valence-corrected chi connectivity index (χ2v) is 8.36. The number of methoxy groups -OCH3 is 2. The third-order valence-corrected chi connectivity index (χ3v) is 5.84. The number of carbonyl (C=O) groups excluding carboxylic acids is 2. The molecule has 2 aromatic rings. The van der Waals surface area contributed by atoms with E-state index in [4.69, 9.17) is 9.47 Å². The number of aromatic hydroxyl groups is 1. The highest BCUT2D eigenvalue weighted by molar-refractivity contribution is 6.46. The van der Waals surface area contributed by atoms with Gasteiger partial charge in [0.15, 0.2) is 11.5 Å². The molecule has 0 bridgehead atoms. The zero-order valence-electron chi connectivity index (χ0n) is 19.8. The third-order valence-electron chi connectivity index (χ3n) is 5.84. The zero-order valence-corrected chi connectivity index (χ0v) is 19.8. The van der Waals surface area contributed by atoms with Gasteiger partial charge in [0, 0.05) is 18.7 Å². The molecule has 1 aliphatic heterocycles. The van der Waals surface area contributed by atoms with Crippen molar-refractivity contribution in [3.63, 3.8) is 0 Å². The summed E-state index contributed by atoms with van der Waals surface area (Å²) in [6.07, 6.45) is 0. The predicted octanol–water partition coefficient (Wildman–Crippen LogP) is 3.01. The first-order valence-electron chi connectivity index (χ1n) is 10.6. The number of aryl methyl sites for hydroxylation is 2. The summed E-state index contributed by atoms with van der Waals surface area (Å²) in [7, 11) is 6.74. The molecular formula is C25H30N2O6. The number of likely N-dealkylation sites (N-methyl/N-ethyl adjacent to an activating group) is 1. The van der Waals surface area contributed by atoms with Gasteiger partial charge >= 0.3 is 0 Å². The molecule has 2 N–H and O–H groups in total. The molecule has 2 aromatic carbocycles. The van der Waals surface area contributed by atoms with Gasteiger partial charge in [0.25, 0.3) is 11.7 Å². The van der Waals surface area contributed by atoms with Gasteiger partial charge in [0.05, 0.1) is 25.8 Å². The molecule has 1 saturated heterocycles. The summed E-state index contributed by atoms with van der Waals surface area (Å²) < 4.78 is 10.5. The predicted molar refractivity (Wildman–Crippen MR) is 125 cm³/mol. The summed E-state index contributed by atoms with van der Waals surface area (Å²) in [6.45, 7) is 4.43. The molecule has 0 aromatic heterocycles. The molecule has 1 heterocycles. The standard InChI is InChI=1S/C25H30N2O6/c1-14-12-20(33-6)15(2)11-17(14)23(29)21-22(16-7-8-19(32-5)18(28)13-16)27(10-9-26(3)4)25(31)24(21)30/h7-8,11-13,22,28-29H,9-10H2,1-6H3/b23-21+. The van der Waals surface area contributed by atoms with Crippen LogP contribution in [0.4, 0.5) is 0 Å². The Morgan fingerprint density at radius 1 is 1.03 bits per heavy atom. The SMILES string of the molecule is COc1cc(C)c(/C(O)=C2\C(=O)C(=O)N(CCN(C)C)C2c2ccc(OC)c(O)c2)cc1C. The molecule has 176 valence electrons. The van der Waals surface area contributed by atoms with Crippen molar-refractivity contribution >= 4 is 17.4 Å². The number of aliphatic hydroxyl groups excluding tert-OH is 1. The van der Waals surface area contributed by atoms with E-state index in [0.717, 1.165) is 5.56 Å². The first kappa shape index (κ1) is 24.1. The molecular weight excluding hydrogens is 424 g/mol. The minimum absolute atomic E-state index is 0.0176. The molecule has 1 amide bonds. The highest BCUT2D eigenvalue weighted by atomic mass is 16.5. The maximum absolute atomic E-state index is 13.2. The molecule has 8 heteroatoms. The lowest BCUT2D eigenvalue weighted by molar-refractivity contribution is -0.140. The fourth-order valence-electron chi connectivity index (χ4n) is 4.05. The maximum Gasteiger partial charge on any atom is 0.295 e. The summed E-state index contributed by atoms with van der Waals surface area (Å²) in [5, 5.41) is 21.7. The number of likely N-dealkylation sites (tertiary alicyclic amines) is 1. The van der Waals surface area contributed by atoms with Gasteiger partial charge in [0.2, 0.25) is 0 Å². The second kappa shape index (κ2) is 9.54. The van der Waals surface area contributed by atoms with Gasteiger partial charge in [-0.05, 0) is 68.9 Å². The molecule has 8 nitrogen and oxygen atoms in total. The quantitative estimate of drug-likeness (QED) is 0.377. The Balaban J connectivity index is 2.22. The average molecular weight is 455 g/mol. The minimum Gasteiger partial charge on any atom is -0.507 e. The van der Waals surface area contributed by atoms with Crippen LogP contribution in [-0.2, 0) is 9.59 Å². The molecule has 1 unspecified atom stereocenters. The van der Waals surface area contributed by atoms with Gasteiger partial charge in [-0.3, -0.25) is 9.59 Å². The van der Waals surface area contributed by atoms with Crippen molar-refractivity contribution in [2.75, 3.05) is 41.4 Å². The molecule has 1 fully saturated rings. The van der Waals surface area contributed by atoms with Crippen LogP contribution < -0.4 is 9.47 Å². The molecule has 0 aliphatic carbocycles. The number of carbonyl (C=O) groups is 2. The van der Waals surface area contributed by atoms with Crippen molar-refractivity contribution in [1.82, 2.24) is 9.80 Å². The topological polar surface area (TPSA) is 99.5 Å². The maximum atomic E-state index is 13.2. The Labute approximate surface area is 193 Å². The van der Waals surface area contributed by atoms with Crippen LogP contribution in [0.3, 0.4) is 0 Å². The van der Waals surface area contributed by atoms with E-state index in [1.807, 2.05) is 25.9 Å². The smallest absolute Gasteiger partial charge is 0.295 e. The Morgan fingerprint density at radius 3 is 2.27 bits per heavy atom. The first-order valence-corrected chi connectivity index (χ1v) is 10.6. The van der Waals surface area contributed by atoms with Gasteiger partial charge < -0.3 is 29.5 Å². The van der Waals surface area contributed by atoms with Crippen molar-refractivity contribution in [2.24, 2.45) is 0 Å². The molecule has 33 heavy (non-hydrogen) atoms. The molecule has 1 atom stereocenters. The van der Waals surface area contributed by atoms with Crippen LogP contribution in [0.1, 0.15) is 28.3 Å². The number of ether oxygens (including phenoxy) is 2. The van der Waals surface area contributed by atoms with E-state index < -0.39 is 17.7 Å². The van der Waals surface area contributed by atoms with E-state index in [-0.39, 0.29) is 29.4 Å². The van der Waals surface area contributed by atoms with Gasteiger partial charge in [-0.2, -0.15) is 0 Å². The van der Waals surface area contributed by atoms with Crippen LogP contribution in [-0.4, -0.2) is 73.1 Å². The summed E-state index contributed by atoms with van der Waals surface area (Å²) in [5.41, 5.74) is 2.41. The number of hydrogen-bond donors (Lipinski definition) is 2. The second-order valence-electron chi connectivity index (χ2n) is 8.36. The van der Waals surface area contributed by atoms with Crippen molar-refractivity contribution < 1.29 is 29.3 Å². The Bertz CT molecular complexity index is 1120.